The number of benzene rings is 1. The van der Waals surface area contributed by atoms with Gasteiger partial charge in [0.1, 0.15) is 6.21 Å². The average Bonchev–Trinajstić information content (AvgIpc) is 2.22. The molecule has 0 amide bonds. The lowest BCUT2D eigenvalue weighted by Crippen LogP contribution is -2.35. The highest BCUT2D eigenvalue weighted by atomic mass is 35.5. The van der Waals surface area contributed by atoms with Crippen LogP contribution in [0.15, 0.2) is 23.4 Å². The summed E-state index contributed by atoms with van der Waals surface area (Å²) in [6, 6.07) is 4.83. The van der Waals surface area contributed by atoms with E-state index in [1.165, 1.54) is 6.21 Å². The van der Waals surface area contributed by atoms with E-state index in [0.717, 1.165) is 6.21 Å². The van der Waals surface area contributed by atoms with Crippen molar-refractivity contribution < 1.29 is 9.95 Å². The van der Waals surface area contributed by atoms with Gasteiger partial charge < -0.3 is 10.4 Å². The number of hydrogen-bond acceptors (Lipinski definition) is 3. The molecule has 0 saturated heterocycles. The van der Waals surface area contributed by atoms with Crippen LogP contribution in [0, 0.1) is 5.21 Å². The van der Waals surface area contributed by atoms with Crippen molar-refractivity contribution in [3.05, 3.63) is 39.0 Å². The molecular formula is C11H12Cl2N2O2. The summed E-state index contributed by atoms with van der Waals surface area (Å²) in [6.45, 7) is 3.22. The number of hydroxylamine groups is 1. The molecule has 0 saturated carbocycles. The van der Waals surface area contributed by atoms with Crippen molar-refractivity contribution >= 4 is 35.6 Å². The Hall–Kier alpha value is -1.26. The molecule has 1 aromatic carbocycles. The van der Waals surface area contributed by atoms with Gasteiger partial charge in [0.15, 0.2) is 6.21 Å². The molecule has 0 radical (unpaired) electrons. The molecule has 0 fully saturated rings. The van der Waals surface area contributed by atoms with E-state index in [1.807, 2.05) is 0 Å². The summed E-state index contributed by atoms with van der Waals surface area (Å²) >= 11 is 11.7. The first kappa shape index (κ1) is 13.8. The van der Waals surface area contributed by atoms with Crippen LogP contribution < -0.4 is 0 Å². The van der Waals surface area contributed by atoms with Crippen LogP contribution in [-0.4, -0.2) is 27.9 Å². The molecule has 4 nitrogen and oxygen atoms in total. The number of rotatable bonds is 3. The highest BCUT2D eigenvalue weighted by Gasteiger charge is 2.24. The molecule has 6 heteroatoms. The van der Waals surface area contributed by atoms with Crippen molar-refractivity contribution in [1.82, 2.24) is 0 Å². The minimum atomic E-state index is -0.961. The van der Waals surface area contributed by atoms with Crippen LogP contribution >= 0.6 is 23.2 Å². The highest BCUT2D eigenvalue weighted by Crippen LogP contribution is 2.20. The topological polar surface area (TPSA) is 58.7 Å². The SMILES string of the molecule is CC(C)(/C=N/O)/[N+]([O-])=C/c1ccc(Cl)cc1Cl. The van der Waals surface area contributed by atoms with Gasteiger partial charge in [0.05, 0.1) is 10.6 Å². The number of halogens is 2. The molecular weight excluding hydrogens is 263 g/mol. The van der Waals surface area contributed by atoms with E-state index < -0.39 is 5.54 Å². The number of oxime groups is 1. The minimum absolute atomic E-state index is 0.384. The first-order valence-electron chi connectivity index (χ1n) is 4.82. The largest absolute Gasteiger partial charge is 0.623 e. The monoisotopic (exact) mass is 274 g/mol. The molecule has 0 atom stereocenters. The predicted octanol–water partition coefficient (Wildman–Crippen LogP) is 3.16. The second kappa shape index (κ2) is 5.38. The second-order valence-corrected chi connectivity index (χ2v) is 4.86. The Balaban J connectivity index is 3.10. The highest BCUT2D eigenvalue weighted by molar-refractivity contribution is 6.36. The van der Waals surface area contributed by atoms with Crippen LogP contribution in [0.3, 0.4) is 0 Å². The maximum absolute atomic E-state index is 11.8. The fourth-order valence-electron chi connectivity index (χ4n) is 1.10. The van der Waals surface area contributed by atoms with Gasteiger partial charge >= 0.3 is 0 Å². The van der Waals surface area contributed by atoms with Gasteiger partial charge in [-0.05, 0) is 18.2 Å². The van der Waals surface area contributed by atoms with Gasteiger partial charge in [-0.15, -0.1) is 0 Å². The van der Waals surface area contributed by atoms with Crippen molar-refractivity contribution in [3.63, 3.8) is 0 Å². The molecule has 1 aromatic rings. The maximum atomic E-state index is 11.8. The van der Waals surface area contributed by atoms with Crippen LogP contribution in [0.5, 0.6) is 0 Å². The Morgan fingerprint density at radius 1 is 1.41 bits per heavy atom. The zero-order valence-corrected chi connectivity index (χ0v) is 10.9. The van der Waals surface area contributed by atoms with E-state index in [2.05, 4.69) is 5.16 Å². The summed E-state index contributed by atoms with van der Waals surface area (Å²) < 4.78 is 0.655. The summed E-state index contributed by atoms with van der Waals surface area (Å²) in [5.74, 6) is 0. The fourth-order valence-corrected chi connectivity index (χ4v) is 1.55. The second-order valence-electron chi connectivity index (χ2n) is 4.02. The molecule has 0 aromatic heterocycles. The molecule has 0 spiro atoms. The van der Waals surface area contributed by atoms with Crippen molar-refractivity contribution in [3.8, 4) is 0 Å². The predicted molar refractivity (Wildman–Crippen MR) is 69.6 cm³/mol. The van der Waals surface area contributed by atoms with Crippen molar-refractivity contribution in [2.75, 3.05) is 0 Å². The molecule has 0 unspecified atom stereocenters. The van der Waals surface area contributed by atoms with Crippen LogP contribution in [-0.2, 0) is 0 Å². The Morgan fingerprint density at radius 3 is 2.59 bits per heavy atom. The maximum Gasteiger partial charge on any atom is 0.205 e. The lowest BCUT2D eigenvalue weighted by atomic mass is 10.1. The smallest absolute Gasteiger partial charge is 0.205 e. The van der Waals surface area contributed by atoms with Gasteiger partial charge in [-0.2, -0.15) is 0 Å². The van der Waals surface area contributed by atoms with Crippen LogP contribution in [0.1, 0.15) is 19.4 Å². The van der Waals surface area contributed by atoms with Gasteiger partial charge in [0.2, 0.25) is 5.54 Å². The molecule has 0 aliphatic carbocycles. The first-order chi connectivity index (χ1) is 7.86. The molecule has 1 N–H and O–H groups in total. The quantitative estimate of drug-likeness (QED) is 0.303. The third-order valence-electron chi connectivity index (χ3n) is 2.16. The van der Waals surface area contributed by atoms with Crippen LogP contribution in [0.2, 0.25) is 10.0 Å². The standard InChI is InChI=1S/C11H12Cl2N2O2/c1-11(2,7-14-16)15(17)6-8-3-4-9(12)5-10(8)13/h3-7,16H,1-2H3/b14-7+,15-6-. The lowest BCUT2D eigenvalue weighted by molar-refractivity contribution is -0.511. The van der Waals surface area contributed by atoms with E-state index in [1.54, 1.807) is 32.0 Å². The van der Waals surface area contributed by atoms with E-state index in [0.29, 0.717) is 20.3 Å². The normalized spacial score (nSPS) is 13.3. The summed E-state index contributed by atoms with van der Waals surface area (Å²) in [4.78, 5) is 0. The Bertz CT molecular complexity index is 471. The Kier molecular flexibility index (Phi) is 4.37. The summed E-state index contributed by atoms with van der Waals surface area (Å²) in [5, 5.41) is 24.0. The van der Waals surface area contributed by atoms with Crippen LogP contribution in [0.25, 0.3) is 0 Å². The molecule has 17 heavy (non-hydrogen) atoms. The van der Waals surface area contributed by atoms with Crippen molar-refractivity contribution in [2.24, 2.45) is 5.16 Å². The molecule has 0 aliphatic heterocycles. The minimum Gasteiger partial charge on any atom is -0.623 e. The van der Waals surface area contributed by atoms with Crippen LogP contribution in [0.4, 0.5) is 0 Å². The zero-order chi connectivity index (χ0) is 13.1. The average molecular weight is 275 g/mol. The molecule has 1 rings (SSSR count). The van der Waals surface area contributed by atoms with E-state index in [4.69, 9.17) is 28.4 Å². The Labute approximate surface area is 109 Å². The van der Waals surface area contributed by atoms with Gasteiger partial charge in [0, 0.05) is 18.9 Å². The molecule has 92 valence electrons. The molecule has 0 bridgehead atoms. The van der Waals surface area contributed by atoms with E-state index in [-0.39, 0.29) is 0 Å². The van der Waals surface area contributed by atoms with Crippen molar-refractivity contribution in [1.29, 1.82) is 0 Å². The summed E-state index contributed by atoms with van der Waals surface area (Å²) in [5.41, 5.74) is -0.414. The van der Waals surface area contributed by atoms with Gasteiger partial charge in [-0.1, -0.05) is 28.4 Å². The first-order valence-corrected chi connectivity index (χ1v) is 5.57. The molecule has 0 aliphatic rings. The van der Waals surface area contributed by atoms with E-state index >= 15 is 0 Å². The third-order valence-corrected chi connectivity index (χ3v) is 2.72. The Morgan fingerprint density at radius 2 is 2.06 bits per heavy atom. The third kappa shape index (κ3) is 3.61. The lowest BCUT2D eigenvalue weighted by Gasteiger charge is -2.18. The van der Waals surface area contributed by atoms with Gasteiger partial charge in [-0.25, -0.2) is 4.74 Å². The molecule has 0 heterocycles. The summed E-state index contributed by atoms with van der Waals surface area (Å²) in [6.07, 6.45) is 2.46. The van der Waals surface area contributed by atoms with E-state index in [9.17, 15) is 5.21 Å². The van der Waals surface area contributed by atoms with Crippen molar-refractivity contribution in [2.45, 2.75) is 19.4 Å². The fraction of sp³-hybridized carbons (Fsp3) is 0.273. The van der Waals surface area contributed by atoms with Gasteiger partial charge in [-0.3, -0.25) is 0 Å². The van der Waals surface area contributed by atoms with Gasteiger partial charge in [0.25, 0.3) is 0 Å². The zero-order valence-electron chi connectivity index (χ0n) is 9.39. The summed E-state index contributed by atoms with van der Waals surface area (Å²) in [7, 11) is 0. The number of nitrogens with zero attached hydrogens (tertiary/aromatic N) is 2. The number of hydrogen-bond donors (Lipinski definition) is 1.